The molecule has 1 aromatic heterocycles. The molecule has 0 saturated carbocycles. The Hall–Kier alpha value is -5.82. The summed E-state index contributed by atoms with van der Waals surface area (Å²) in [6.07, 6.45) is 5.06. The van der Waals surface area contributed by atoms with Crippen LogP contribution in [-0.4, -0.2) is 78.0 Å². The third kappa shape index (κ3) is 8.68. The first-order valence-electron chi connectivity index (χ1n) is 17.0. The van der Waals surface area contributed by atoms with Gasteiger partial charge in [-0.1, -0.05) is 18.2 Å². The number of aromatic nitrogens is 2. The van der Waals surface area contributed by atoms with E-state index in [9.17, 15) is 19.2 Å². The number of nitrogens with one attached hydrogen (secondary N) is 3. The SMILES string of the molecule is COc1ccc(Nc2cc(-c3cccc(OCCCCOCCCCNc4cccc5c4C(=O)N(C4CCC(=O)NC4=O)C5=O)c3)ncn2)cc1. The Morgan fingerprint density at radius 1 is 0.843 bits per heavy atom. The van der Waals surface area contributed by atoms with Gasteiger partial charge in [0.25, 0.3) is 11.8 Å². The average Bonchev–Trinajstić information content (AvgIpc) is 3.40. The fourth-order valence-corrected chi connectivity index (χ4v) is 5.96. The van der Waals surface area contributed by atoms with E-state index in [4.69, 9.17) is 14.2 Å². The third-order valence-corrected chi connectivity index (χ3v) is 8.61. The summed E-state index contributed by atoms with van der Waals surface area (Å²) in [5.41, 5.74) is 3.67. The minimum atomic E-state index is -0.989. The lowest BCUT2D eigenvalue weighted by Crippen LogP contribution is -2.54. The molecular formula is C38H40N6O7. The molecule has 0 aliphatic carbocycles. The summed E-state index contributed by atoms with van der Waals surface area (Å²) in [5, 5.41) is 8.77. The molecule has 3 N–H and O–H groups in total. The summed E-state index contributed by atoms with van der Waals surface area (Å²) in [5.74, 6) is 0.168. The number of nitrogens with zero attached hydrogens (tertiary/aromatic N) is 3. The molecule has 0 spiro atoms. The van der Waals surface area contributed by atoms with E-state index >= 15 is 0 Å². The summed E-state index contributed by atoms with van der Waals surface area (Å²) in [6.45, 7) is 2.38. The number of methoxy groups -OCH3 is 1. The van der Waals surface area contributed by atoms with Gasteiger partial charge in [0.1, 0.15) is 29.7 Å². The largest absolute Gasteiger partial charge is 0.497 e. The van der Waals surface area contributed by atoms with E-state index in [0.29, 0.717) is 37.9 Å². The molecule has 4 amide bonds. The lowest BCUT2D eigenvalue weighted by Gasteiger charge is -2.27. The van der Waals surface area contributed by atoms with E-state index in [1.807, 2.05) is 54.6 Å². The van der Waals surface area contributed by atoms with Crippen LogP contribution in [0.4, 0.5) is 17.2 Å². The molecule has 1 fully saturated rings. The van der Waals surface area contributed by atoms with E-state index in [1.165, 1.54) is 6.33 Å². The maximum absolute atomic E-state index is 13.2. The smallest absolute Gasteiger partial charge is 0.264 e. The highest BCUT2D eigenvalue weighted by atomic mass is 16.5. The van der Waals surface area contributed by atoms with E-state index < -0.39 is 29.7 Å². The molecule has 13 nitrogen and oxygen atoms in total. The van der Waals surface area contributed by atoms with Gasteiger partial charge in [-0.15, -0.1) is 0 Å². The number of ether oxygens (including phenoxy) is 3. The predicted octanol–water partition coefficient (Wildman–Crippen LogP) is 5.36. The van der Waals surface area contributed by atoms with Crippen molar-refractivity contribution in [3.63, 3.8) is 0 Å². The number of imide groups is 2. The summed E-state index contributed by atoms with van der Waals surface area (Å²) in [7, 11) is 1.64. The summed E-state index contributed by atoms with van der Waals surface area (Å²) in [6, 6.07) is 21.4. The first-order valence-corrected chi connectivity index (χ1v) is 17.0. The van der Waals surface area contributed by atoms with Gasteiger partial charge in [0.2, 0.25) is 11.8 Å². The average molecular weight is 693 g/mol. The molecule has 6 rings (SSSR count). The number of rotatable bonds is 17. The molecule has 0 bridgehead atoms. The second kappa shape index (κ2) is 16.7. The van der Waals surface area contributed by atoms with Crippen LogP contribution >= 0.6 is 0 Å². The molecule has 1 saturated heterocycles. The highest BCUT2D eigenvalue weighted by Crippen LogP contribution is 2.32. The number of unbranched alkanes of at least 4 members (excludes halogenated alkanes) is 2. The predicted molar refractivity (Wildman–Crippen MR) is 190 cm³/mol. The van der Waals surface area contributed by atoms with Crippen molar-refractivity contribution >= 4 is 40.8 Å². The quantitative estimate of drug-likeness (QED) is 0.0965. The first kappa shape index (κ1) is 35.0. The number of carbonyl (C=O) groups is 4. The van der Waals surface area contributed by atoms with Crippen LogP contribution in [-0.2, 0) is 14.3 Å². The van der Waals surface area contributed by atoms with E-state index in [1.54, 1.807) is 25.3 Å². The Morgan fingerprint density at radius 2 is 1.63 bits per heavy atom. The minimum Gasteiger partial charge on any atom is -0.497 e. The Kier molecular flexibility index (Phi) is 11.5. The lowest BCUT2D eigenvalue weighted by atomic mass is 10.0. The molecule has 3 aromatic carbocycles. The Balaban J connectivity index is 0.865. The number of piperidine rings is 1. The van der Waals surface area contributed by atoms with Crippen molar-refractivity contribution in [3.8, 4) is 22.8 Å². The Bertz CT molecular complexity index is 1880. The van der Waals surface area contributed by atoms with E-state index in [2.05, 4.69) is 25.9 Å². The molecule has 2 aliphatic heterocycles. The Labute approximate surface area is 295 Å². The highest BCUT2D eigenvalue weighted by molar-refractivity contribution is 6.25. The van der Waals surface area contributed by atoms with Gasteiger partial charge in [-0.05, 0) is 80.6 Å². The molecule has 13 heteroatoms. The van der Waals surface area contributed by atoms with Gasteiger partial charge in [0, 0.05) is 49.2 Å². The van der Waals surface area contributed by atoms with Crippen LogP contribution in [0.2, 0.25) is 0 Å². The molecule has 1 atom stereocenters. The molecule has 3 heterocycles. The van der Waals surface area contributed by atoms with Crippen molar-refractivity contribution < 1.29 is 33.4 Å². The fourth-order valence-electron chi connectivity index (χ4n) is 5.96. The zero-order chi connectivity index (χ0) is 35.6. The van der Waals surface area contributed by atoms with Gasteiger partial charge in [-0.3, -0.25) is 29.4 Å². The summed E-state index contributed by atoms with van der Waals surface area (Å²) >= 11 is 0. The number of hydrogen-bond acceptors (Lipinski definition) is 11. The van der Waals surface area contributed by atoms with Gasteiger partial charge in [0.05, 0.1) is 30.5 Å². The molecular weight excluding hydrogens is 652 g/mol. The fraction of sp³-hybridized carbons (Fsp3) is 0.316. The van der Waals surface area contributed by atoms with Crippen LogP contribution in [0.3, 0.4) is 0 Å². The second-order valence-electron chi connectivity index (χ2n) is 12.1. The number of anilines is 3. The lowest BCUT2D eigenvalue weighted by molar-refractivity contribution is -0.136. The third-order valence-electron chi connectivity index (χ3n) is 8.61. The molecule has 0 radical (unpaired) electrons. The van der Waals surface area contributed by atoms with E-state index in [-0.39, 0.29) is 24.0 Å². The van der Waals surface area contributed by atoms with Crippen LogP contribution in [0.5, 0.6) is 11.5 Å². The molecule has 264 valence electrons. The van der Waals surface area contributed by atoms with Crippen molar-refractivity contribution in [3.05, 3.63) is 90.3 Å². The van der Waals surface area contributed by atoms with Crippen LogP contribution < -0.4 is 25.4 Å². The zero-order valence-electron chi connectivity index (χ0n) is 28.4. The van der Waals surface area contributed by atoms with Gasteiger partial charge in [0.15, 0.2) is 0 Å². The van der Waals surface area contributed by atoms with Crippen molar-refractivity contribution in [2.24, 2.45) is 0 Å². The van der Waals surface area contributed by atoms with Crippen molar-refractivity contribution in [2.45, 2.75) is 44.6 Å². The van der Waals surface area contributed by atoms with Gasteiger partial charge in [-0.25, -0.2) is 9.97 Å². The Morgan fingerprint density at radius 3 is 2.43 bits per heavy atom. The van der Waals surface area contributed by atoms with Crippen LogP contribution in [0.25, 0.3) is 11.3 Å². The maximum Gasteiger partial charge on any atom is 0.264 e. The standard InChI is InChI=1S/C38H40N6O7/c1-49-27-14-12-26(13-15-27)42-33-23-31(40-24-41-33)25-8-6-9-28(22-25)51-21-5-4-20-50-19-3-2-18-39-30-11-7-10-29-35(30)38(48)44(37(29)47)32-16-17-34(45)43-36(32)46/h6-15,22-24,32,39H,2-5,16-21H2,1H3,(H,40,41,42)(H,43,45,46). The zero-order valence-corrected chi connectivity index (χ0v) is 28.4. The normalized spacial score (nSPS) is 15.4. The highest BCUT2D eigenvalue weighted by Gasteiger charge is 2.45. The van der Waals surface area contributed by atoms with Crippen LogP contribution in [0.1, 0.15) is 59.2 Å². The monoisotopic (exact) mass is 692 g/mol. The van der Waals surface area contributed by atoms with Crippen molar-refractivity contribution in [1.29, 1.82) is 0 Å². The molecule has 1 unspecified atom stereocenters. The van der Waals surface area contributed by atoms with E-state index in [0.717, 1.165) is 59.0 Å². The van der Waals surface area contributed by atoms with Crippen LogP contribution in [0.15, 0.2) is 79.1 Å². The van der Waals surface area contributed by atoms with Crippen molar-refractivity contribution in [1.82, 2.24) is 20.2 Å². The topological polar surface area (TPSA) is 161 Å². The van der Waals surface area contributed by atoms with Gasteiger partial charge >= 0.3 is 0 Å². The van der Waals surface area contributed by atoms with Crippen LogP contribution in [0, 0.1) is 0 Å². The van der Waals surface area contributed by atoms with Gasteiger partial charge in [-0.2, -0.15) is 0 Å². The number of carbonyl (C=O) groups excluding carboxylic acids is 4. The first-order chi connectivity index (χ1) is 24.9. The summed E-state index contributed by atoms with van der Waals surface area (Å²) < 4.78 is 17.0. The maximum atomic E-state index is 13.2. The minimum absolute atomic E-state index is 0.0813. The molecule has 2 aliphatic rings. The summed E-state index contributed by atoms with van der Waals surface area (Å²) in [4.78, 5) is 59.9. The van der Waals surface area contributed by atoms with Crippen molar-refractivity contribution in [2.75, 3.05) is 44.1 Å². The number of hydrogen-bond donors (Lipinski definition) is 3. The molecule has 4 aromatic rings. The molecule has 51 heavy (non-hydrogen) atoms. The van der Waals surface area contributed by atoms with Gasteiger partial charge < -0.3 is 24.8 Å². The number of benzene rings is 3. The number of fused-ring (bicyclic) bond motifs is 1. The second-order valence-corrected chi connectivity index (χ2v) is 12.1. The number of amides is 4.